The second-order valence-corrected chi connectivity index (χ2v) is 7.24. The number of carbonyl (C=O) groups is 2. The Morgan fingerprint density at radius 3 is 2.63 bits per heavy atom. The predicted octanol–water partition coefficient (Wildman–Crippen LogP) is 3.70. The standard InChI is InChI=1S/C21H25ClO5/c22-15-9-7-14(8-10-15)18(23)12-11-17-16(19(24)13-20(17)25)5-3-1-2-4-6-21(26)27/h1,3,7-12,16-19,23-24H,2,4-6,13H2,(H,26,27)/t16-,17-,18-,19+/m1/s1. The fourth-order valence-electron chi connectivity index (χ4n) is 3.26. The van der Waals surface area contributed by atoms with Crippen LogP contribution in [-0.2, 0) is 9.59 Å². The van der Waals surface area contributed by atoms with Crippen molar-refractivity contribution in [2.75, 3.05) is 0 Å². The van der Waals surface area contributed by atoms with Crippen LogP contribution >= 0.6 is 11.6 Å². The average Bonchev–Trinajstić information content (AvgIpc) is 2.89. The summed E-state index contributed by atoms with van der Waals surface area (Å²) in [6.07, 6.45) is 7.48. The maximum absolute atomic E-state index is 12.2. The van der Waals surface area contributed by atoms with Crippen LogP contribution in [0, 0.1) is 11.8 Å². The number of benzene rings is 1. The van der Waals surface area contributed by atoms with E-state index in [0.717, 1.165) is 0 Å². The molecule has 0 heterocycles. The van der Waals surface area contributed by atoms with Crippen LogP contribution in [0.25, 0.3) is 0 Å². The maximum atomic E-state index is 12.2. The van der Waals surface area contributed by atoms with Crippen molar-refractivity contribution in [2.45, 2.75) is 44.3 Å². The number of carboxylic acid groups (broad SMARTS) is 1. The van der Waals surface area contributed by atoms with Gasteiger partial charge in [0.2, 0.25) is 0 Å². The Balaban J connectivity index is 1.94. The Morgan fingerprint density at radius 1 is 1.26 bits per heavy atom. The molecule has 1 aliphatic rings. The quantitative estimate of drug-likeness (QED) is 0.440. The first-order chi connectivity index (χ1) is 12.9. The number of Topliss-reactive ketones (excluding diaryl/α,β-unsaturated/α-hetero) is 1. The summed E-state index contributed by atoms with van der Waals surface area (Å²) < 4.78 is 0. The van der Waals surface area contributed by atoms with Gasteiger partial charge in [0.05, 0.1) is 12.2 Å². The Hall–Kier alpha value is -1.95. The molecule has 0 aromatic heterocycles. The van der Waals surface area contributed by atoms with E-state index in [1.165, 1.54) is 0 Å². The fraction of sp³-hybridized carbons (Fsp3) is 0.429. The van der Waals surface area contributed by atoms with Gasteiger partial charge < -0.3 is 15.3 Å². The molecule has 0 aliphatic heterocycles. The molecule has 1 aromatic rings. The van der Waals surface area contributed by atoms with Gasteiger partial charge in [0.1, 0.15) is 5.78 Å². The van der Waals surface area contributed by atoms with Gasteiger partial charge >= 0.3 is 5.97 Å². The van der Waals surface area contributed by atoms with Crippen LogP contribution in [0.1, 0.15) is 43.8 Å². The van der Waals surface area contributed by atoms with Gasteiger partial charge in [0.15, 0.2) is 0 Å². The summed E-state index contributed by atoms with van der Waals surface area (Å²) in [6.45, 7) is 0. The van der Waals surface area contributed by atoms with E-state index in [2.05, 4.69) is 0 Å². The summed E-state index contributed by atoms with van der Waals surface area (Å²) in [5.41, 5.74) is 0.677. The number of carboxylic acids is 1. The van der Waals surface area contributed by atoms with E-state index in [9.17, 15) is 19.8 Å². The summed E-state index contributed by atoms with van der Waals surface area (Å²) in [7, 11) is 0. The zero-order chi connectivity index (χ0) is 19.8. The molecule has 0 saturated heterocycles. The third kappa shape index (κ3) is 6.61. The molecular formula is C21H25ClO5. The average molecular weight is 393 g/mol. The van der Waals surface area contributed by atoms with E-state index in [1.807, 2.05) is 12.2 Å². The molecule has 0 spiro atoms. The van der Waals surface area contributed by atoms with E-state index < -0.39 is 24.1 Å². The molecule has 2 rings (SSSR count). The van der Waals surface area contributed by atoms with Gasteiger partial charge in [-0.1, -0.05) is 48.0 Å². The summed E-state index contributed by atoms with van der Waals surface area (Å²) in [6, 6.07) is 6.83. The minimum absolute atomic E-state index is 0.0358. The van der Waals surface area contributed by atoms with E-state index in [0.29, 0.717) is 29.8 Å². The predicted molar refractivity (Wildman–Crippen MR) is 103 cm³/mol. The lowest BCUT2D eigenvalue weighted by Crippen LogP contribution is -2.18. The minimum Gasteiger partial charge on any atom is -0.481 e. The zero-order valence-corrected chi connectivity index (χ0v) is 15.8. The molecule has 0 radical (unpaired) electrons. The number of carbonyl (C=O) groups excluding carboxylic acids is 1. The lowest BCUT2D eigenvalue weighted by Gasteiger charge is -2.17. The van der Waals surface area contributed by atoms with E-state index in [-0.39, 0.29) is 24.5 Å². The number of hydrogen-bond acceptors (Lipinski definition) is 4. The van der Waals surface area contributed by atoms with Gasteiger partial charge in [-0.05, 0) is 37.0 Å². The number of hydrogen-bond donors (Lipinski definition) is 3. The molecule has 6 heteroatoms. The molecule has 0 bridgehead atoms. The van der Waals surface area contributed by atoms with Crippen molar-refractivity contribution in [1.82, 2.24) is 0 Å². The molecule has 1 saturated carbocycles. The first-order valence-corrected chi connectivity index (χ1v) is 9.45. The van der Waals surface area contributed by atoms with E-state index >= 15 is 0 Å². The van der Waals surface area contributed by atoms with Gasteiger partial charge in [0.25, 0.3) is 0 Å². The van der Waals surface area contributed by atoms with Crippen LogP contribution in [-0.4, -0.2) is 33.2 Å². The van der Waals surface area contributed by atoms with Crippen LogP contribution in [0.2, 0.25) is 5.02 Å². The van der Waals surface area contributed by atoms with Crippen LogP contribution in [0.5, 0.6) is 0 Å². The van der Waals surface area contributed by atoms with Crippen LogP contribution < -0.4 is 0 Å². The fourth-order valence-corrected chi connectivity index (χ4v) is 3.39. The molecule has 0 unspecified atom stereocenters. The van der Waals surface area contributed by atoms with Crippen molar-refractivity contribution in [3.63, 3.8) is 0 Å². The van der Waals surface area contributed by atoms with Gasteiger partial charge in [-0.3, -0.25) is 9.59 Å². The normalized spacial score (nSPS) is 24.1. The molecule has 1 fully saturated rings. The Morgan fingerprint density at radius 2 is 1.96 bits per heavy atom. The highest BCUT2D eigenvalue weighted by Gasteiger charge is 2.39. The third-order valence-corrected chi connectivity index (χ3v) is 5.04. The molecule has 146 valence electrons. The zero-order valence-electron chi connectivity index (χ0n) is 15.0. The van der Waals surface area contributed by atoms with E-state index in [4.69, 9.17) is 16.7 Å². The molecule has 1 aromatic carbocycles. The summed E-state index contributed by atoms with van der Waals surface area (Å²) >= 11 is 5.84. The number of halogens is 1. The number of aliphatic hydroxyl groups excluding tert-OH is 2. The first-order valence-electron chi connectivity index (χ1n) is 9.08. The molecule has 27 heavy (non-hydrogen) atoms. The summed E-state index contributed by atoms with van der Waals surface area (Å²) in [5.74, 6) is -1.52. The lowest BCUT2D eigenvalue weighted by atomic mass is 9.90. The SMILES string of the molecule is O=C(O)CCCC=CC[C@H]1[C@@H](O)CC(=O)[C@@H]1C=C[C@@H](O)c1ccc(Cl)cc1. The maximum Gasteiger partial charge on any atom is 0.303 e. The monoisotopic (exact) mass is 392 g/mol. The van der Waals surface area contributed by atoms with Gasteiger partial charge in [-0.2, -0.15) is 0 Å². The molecular weight excluding hydrogens is 368 g/mol. The Bertz CT molecular complexity index is 695. The van der Waals surface area contributed by atoms with Crippen molar-refractivity contribution in [2.24, 2.45) is 11.8 Å². The lowest BCUT2D eigenvalue weighted by molar-refractivity contribution is -0.137. The van der Waals surface area contributed by atoms with Crippen molar-refractivity contribution in [3.05, 3.63) is 59.2 Å². The number of ketones is 1. The third-order valence-electron chi connectivity index (χ3n) is 4.79. The Kier molecular flexibility index (Phi) is 8.23. The van der Waals surface area contributed by atoms with Gasteiger partial charge in [0, 0.05) is 29.7 Å². The number of allylic oxidation sites excluding steroid dienone is 3. The summed E-state index contributed by atoms with van der Waals surface area (Å²) in [4.78, 5) is 22.7. The number of aliphatic hydroxyl groups is 2. The van der Waals surface area contributed by atoms with Crippen LogP contribution in [0.4, 0.5) is 0 Å². The smallest absolute Gasteiger partial charge is 0.303 e. The minimum atomic E-state index is -0.847. The van der Waals surface area contributed by atoms with Crippen molar-refractivity contribution in [1.29, 1.82) is 0 Å². The Labute approximate surface area is 164 Å². The highest BCUT2D eigenvalue weighted by atomic mass is 35.5. The summed E-state index contributed by atoms with van der Waals surface area (Å²) in [5, 5.41) is 29.6. The molecule has 5 nitrogen and oxygen atoms in total. The number of unbranched alkanes of at least 4 members (excludes halogenated alkanes) is 1. The van der Waals surface area contributed by atoms with Crippen molar-refractivity contribution >= 4 is 23.4 Å². The number of rotatable bonds is 9. The highest BCUT2D eigenvalue weighted by molar-refractivity contribution is 6.30. The van der Waals surface area contributed by atoms with E-state index in [1.54, 1.807) is 36.4 Å². The van der Waals surface area contributed by atoms with Gasteiger partial charge in [-0.25, -0.2) is 0 Å². The highest BCUT2D eigenvalue weighted by Crippen LogP contribution is 2.34. The molecule has 0 amide bonds. The van der Waals surface area contributed by atoms with Crippen LogP contribution in [0.15, 0.2) is 48.6 Å². The van der Waals surface area contributed by atoms with Crippen molar-refractivity contribution in [3.8, 4) is 0 Å². The van der Waals surface area contributed by atoms with Gasteiger partial charge in [-0.15, -0.1) is 0 Å². The second kappa shape index (κ2) is 10.4. The van der Waals surface area contributed by atoms with Crippen LogP contribution in [0.3, 0.4) is 0 Å². The molecule has 4 atom stereocenters. The first kappa shape index (κ1) is 21.4. The number of aliphatic carboxylic acids is 1. The molecule has 3 N–H and O–H groups in total. The molecule has 1 aliphatic carbocycles. The van der Waals surface area contributed by atoms with Crippen molar-refractivity contribution < 1.29 is 24.9 Å². The topological polar surface area (TPSA) is 94.8 Å². The second-order valence-electron chi connectivity index (χ2n) is 6.80. The largest absolute Gasteiger partial charge is 0.481 e.